The van der Waals surface area contributed by atoms with Gasteiger partial charge in [0.25, 0.3) is 0 Å². The summed E-state index contributed by atoms with van der Waals surface area (Å²) in [5, 5.41) is 3.80. The van der Waals surface area contributed by atoms with Gasteiger partial charge in [-0.1, -0.05) is 6.92 Å². The van der Waals surface area contributed by atoms with Gasteiger partial charge in [0.2, 0.25) is 11.2 Å². The maximum Gasteiger partial charge on any atom is 0.239 e. The fraction of sp³-hybridized carbons (Fsp3) is 0.462. The molecule has 1 N–H and O–H groups in total. The van der Waals surface area contributed by atoms with Crippen molar-refractivity contribution in [2.75, 3.05) is 25.0 Å². The number of likely N-dealkylation sites (N-methyl/N-ethyl adjacent to an activating group) is 2. The van der Waals surface area contributed by atoms with Gasteiger partial charge in [0.05, 0.1) is 11.9 Å². The van der Waals surface area contributed by atoms with E-state index in [1.807, 2.05) is 11.8 Å². The number of anilines is 1. The molecule has 0 spiro atoms. The number of hydrogen-bond acceptors (Lipinski definition) is 5. The summed E-state index contributed by atoms with van der Waals surface area (Å²) in [6, 6.07) is 2.08. The molecule has 108 valence electrons. The van der Waals surface area contributed by atoms with Gasteiger partial charge in [0, 0.05) is 18.5 Å². The van der Waals surface area contributed by atoms with E-state index in [1.165, 1.54) is 4.88 Å². The number of hydrogen-bond donors (Lipinski definition) is 1. The second-order valence-corrected chi connectivity index (χ2v) is 5.74. The average molecular weight is 313 g/mol. The molecule has 0 saturated heterocycles. The molecular weight excluding hydrogens is 296 g/mol. The average Bonchev–Trinajstić information content (AvgIpc) is 2.86. The van der Waals surface area contributed by atoms with E-state index in [9.17, 15) is 4.79 Å². The third-order valence-corrected chi connectivity index (χ3v) is 4.38. The molecule has 0 aliphatic heterocycles. The van der Waals surface area contributed by atoms with Crippen LogP contribution in [0, 0.1) is 0 Å². The number of aryl methyl sites for hydroxylation is 1. The van der Waals surface area contributed by atoms with Crippen LogP contribution in [0.3, 0.4) is 0 Å². The van der Waals surface area contributed by atoms with Gasteiger partial charge >= 0.3 is 0 Å². The predicted octanol–water partition coefficient (Wildman–Crippen LogP) is 2.48. The molecule has 1 amide bonds. The fourth-order valence-electron chi connectivity index (χ4n) is 1.94. The largest absolute Gasteiger partial charge is 0.358 e. The molecule has 20 heavy (non-hydrogen) atoms. The maximum absolute atomic E-state index is 11.6. The van der Waals surface area contributed by atoms with E-state index < -0.39 is 0 Å². The van der Waals surface area contributed by atoms with Crippen molar-refractivity contribution in [2.24, 2.45) is 0 Å². The van der Waals surface area contributed by atoms with Crippen LogP contribution in [0.4, 0.5) is 5.82 Å². The SMILES string of the molecule is CCc1cc2c(N(CC)CC(=O)NC)nc(Cl)nc2s1. The minimum Gasteiger partial charge on any atom is -0.358 e. The van der Waals surface area contributed by atoms with Crippen molar-refractivity contribution >= 4 is 44.9 Å². The van der Waals surface area contributed by atoms with Crippen molar-refractivity contribution in [3.63, 3.8) is 0 Å². The Morgan fingerprint density at radius 3 is 2.80 bits per heavy atom. The van der Waals surface area contributed by atoms with E-state index >= 15 is 0 Å². The zero-order chi connectivity index (χ0) is 14.7. The summed E-state index contributed by atoms with van der Waals surface area (Å²) in [6.07, 6.45) is 0.944. The third kappa shape index (κ3) is 3.02. The third-order valence-electron chi connectivity index (χ3n) is 3.04. The summed E-state index contributed by atoms with van der Waals surface area (Å²) in [5.74, 6) is 0.669. The molecule has 0 fully saturated rings. The number of nitrogens with zero attached hydrogens (tertiary/aromatic N) is 3. The molecule has 0 aliphatic carbocycles. The number of carbonyl (C=O) groups excluding carboxylic acids is 1. The Morgan fingerprint density at radius 1 is 1.45 bits per heavy atom. The fourth-order valence-corrected chi connectivity index (χ4v) is 3.11. The molecule has 0 bridgehead atoms. The van der Waals surface area contributed by atoms with Crippen LogP contribution in [0.2, 0.25) is 5.28 Å². The Balaban J connectivity index is 2.49. The van der Waals surface area contributed by atoms with Gasteiger partial charge in [-0.2, -0.15) is 4.98 Å². The predicted molar refractivity (Wildman–Crippen MR) is 83.8 cm³/mol. The van der Waals surface area contributed by atoms with Gasteiger partial charge in [-0.25, -0.2) is 4.98 Å². The van der Waals surface area contributed by atoms with Crippen LogP contribution in [-0.2, 0) is 11.2 Å². The highest BCUT2D eigenvalue weighted by Crippen LogP contribution is 2.32. The molecule has 5 nitrogen and oxygen atoms in total. The van der Waals surface area contributed by atoms with E-state index in [4.69, 9.17) is 11.6 Å². The van der Waals surface area contributed by atoms with E-state index in [0.29, 0.717) is 6.54 Å². The molecule has 2 heterocycles. The zero-order valence-corrected chi connectivity index (χ0v) is 13.3. The van der Waals surface area contributed by atoms with Crippen molar-refractivity contribution in [2.45, 2.75) is 20.3 Å². The molecule has 0 saturated carbocycles. The maximum atomic E-state index is 11.6. The van der Waals surface area contributed by atoms with Gasteiger partial charge in [0.15, 0.2) is 0 Å². The number of amides is 1. The zero-order valence-electron chi connectivity index (χ0n) is 11.7. The second-order valence-electron chi connectivity index (χ2n) is 4.29. The van der Waals surface area contributed by atoms with E-state index in [1.54, 1.807) is 18.4 Å². The van der Waals surface area contributed by atoms with Crippen molar-refractivity contribution in [1.82, 2.24) is 15.3 Å². The number of aromatic nitrogens is 2. The van der Waals surface area contributed by atoms with Crippen LogP contribution in [0.1, 0.15) is 18.7 Å². The first kappa shape index (κ1) is 15.0. The van der Waals surface area contributed by atoms with Crippen LogP contribution in [-0.4, -0.2) is 36.0 Å². The Hall–Kier alpha value is -1.40. The number of carbonyl (C=O) groups is 1. The number of thiophene rings is 1. The summed E-state index contributed by atoms with van der Waals surface area (Å²) in [7, 11) is 1.62. The molecule has 0 radical (unpaired) electrons. The molecule has 2 aromatic heterocycles. The number of nitrogens with one attached hydrogen (secondary N) is 1. The van der Waals surface area contributed by atoms with Gasteiger partial charge in [0.1, 0.15) is 10.6 Å². The lowest BCUT2D eigenvalue weighted by molar-refractivity contribution is -0.119. The van der Waals surface area contributed by atoms with Gasteiger partial charge in [-0.15, -0.1) is 11.3 Å². The topological polar surface area (TPSA) is 58.1 Å². The minimum atomic E-state index is -0.0549. The van der Waals surface area contributed by atoms with Crippen LogP contribution >= 0.6 is 22.9 Å². The molecular formula is C13H17ClN4OS. The monoisotopic (exact) mass is 312 g/mol. The van der Waals surface area contributed by atoms with Gasteiger partial charge < -0.3 is 10.2 Å². The quantitative estimate of drug-likeness (QED) is 0.862. The van der Waals surface area contributed by atoms with Crippen LogP contribution < -0.4 is 10.2 Å². The first-order valence-corrected chi connectivity index (χ1v) is 7.69. The highest BCUT2D eigenvalue weighted by Gasteiger charge is 2.17. The highest BCUT2D eigenvalue weighted by atomic mass is 35.5. The Bertz CT molecular complexity index is 628. The van der Waals surface area contributed by atoms with Crippen molar-refractivity contribution < 1.29 is 4.79 Å². The van der Waals surface area contributed by atoms with Crippen LogP contribution in [0.15, 0.2) is 6.07 Å². The number of fused-ring (bicyclic) bond motifs is 1. The second kappa shape index (κ2) is 6.37. The smallest absolute Gasteiger partial charge is 0.239 e. The van der Waals surface area contributed by atoms with E-state index in [2.05, 4.69) is 28.3 Å². The number of rotatable bonds is 5. The van der Waals surface area contributed by atoms with Crippen molar-refractivity contribution in [3.8, 4) is 0 Å². The lowest BCUT2D eigenvalue weighted by Gasteiger charge is -2.21. The molecule has 2 aromatic rings. The lowest BCUT2D eigenvalue weighted by Crippen LogP contribution is -2.36. The summed E-state index contributed by atoms with van der Waals surface area (Å²) in [5.41, 5.74) is 0. The van der Waals surface area contributed by atoms with Crippen molar-refractivity contribution in [1.29, 1.82) is 0 Å². The first-order chi connectivity index (χ1) is 9.58. The molecule has 0 unspecified atom stereocenters. The molecule has 0 aliphatic rings. The highest BCUT2D eigenvalue weighted by molar-refractivity contribution is 7.18. The lowest BCUT2D eigenvalue weighted by atomic mass is 10.3. The Labute approximate surface area is 127 Å². The van der Waals surface area contributed by atoms with E-state index in [-0.39, 0.29) is 17.7 Å². The van der Waals surface area contributed by atoms with Gasteiger partial charge in [-0.05, 0) is 31.0 Å². The first-order valence-electron chi connectivity index (χ1n) is 6.50. The summed E-state index contributed by atoms with van der Waals surface area (Å²) in [6.45, 7) is 5.01. The summed E-state index contributed by atoms with van der Waals surface area (Å²) >= 11 is 7.62. The Kier molecular flexibility index (Phi) is 4.77. The summed E-state index contributed by atoms with van der Waals surface area (Å²) in [4.78, 5) is 24.2. The van der Waals surface area contributed by atoms with Gasteiger partial charge in [-0.3, -0.25) is 4.79 Å². The molecule has 7 heteroatoms. The standard InChI is InChI=1S/C13H17ClN4OS/c1-4-8-6-9-11(16-13(14)17-12(9)20-8)18(5-2)7-10(19)15-3/h6H,4-5,7H2,1-3H3,(H,15,19). The van der Waals surface area contributed by atoms with E-state index in [0.717, 1.165) is 22.5 Å². The number of halogens is 1. The Morgan fingerprint density at radius 2 is 2.20 bits per heavy atom. The minimum absolute atomic E-state index is 0.0549. The normalized spacial score (nSPS) is 10.8. The molecule has 0 atom stereocenters. The molecule has 2 rings (SSSR count). The summed E-state index contributed by atoms with van der Waals surface area (Å²) < 4.78 is 0. The van der Waals surface area contributed by atoms with Crippen LogP contribution in [0.25, 0.3) is 10.2 Å². The van der Waals surface area contributed by atoms with Crippen molar-refractivity contribution in [3.05, 3.63) is 16.2 Å². The van der Waals surface area contributed by atoms with Crippen LogP contribution in [0.5, 0.6) is 0 Å². The molecule has 0 aromatic carbocycles.